The van der Waals surface area contributed by atoms with Crippen molar-refractivity contribution in [3.8, 4) is 0 Å². The van der Waals surface area contributed by atoms with Crippen LogP contribution in [0.5, 0.6) is 0 Å². The molecular formula is C13H8Br2ClNO. The van der Waals surface area contributed by atoms with Gasteiger partial charge in [0.1, 0.15) is 5.69 Å². The number of benzene rings is 1. The number of carbonyl (C=O) groups excluding carboxylic acids is 1. The lowest BCUT2D eigenvalue weighted by Crippen LogP contribution is -2.07. The zero-order valence-corrected chi connectivity index (χ0v) is 13.1. The van der Waals surface area contributed by atoms with Crippen LogP contribution in [-0.4, -0.2) is 10.8 Å². The largest absolute Gasteiger partial charge is 0.292 e. The van der Waals surface area contributed by atoms with Crippen LogP contribution in [0, 0.1) is 0 Å². The first-order chi connectivity index (χ1) is 8.56. The maximum Gasteiger partial charge on any atom is 0.186 e. The van der Waals surface area contributed by atoms with Crippen LogP contribution >= 0.6 is 43.5 Å². The fourth-order valence-electron chi connectivity index (χ4n) is 1.54. The van der Waals surface area contributed by atoms with Crippen molar-refractivity contribution in [2.24, 2.45) is 0 Å². The van der Waals surface area contributed by atoms with E-state index in [1.807, 2.05) is 12.1 Å². The van der Waals surface area contributed by atoms with E-state index in [0.717, 1.165) is 10.0 Å². The van der Waals surface area contributed by atoms with Crippen molar-refractivity contribution in [2.75, 3.05) is 0 Å². The summed E-state index contributed by atoms with van der Waals surface area (Å²) in [6, 6.07) is 9.07. The van der Waals surface area contributed by atoms with Gasteiger partial charge in [0.2, 0.25) is 0 Å². The van der Waals surface area contributed by atoms with E-state index in [1.165, 1.54) is 0 Å². The average molecular weight is 389 g/mol. The highest BCUT2D eigenvalue weighted by molar-refractivity contribution is 9.11. The molecule has 0 fully saturated rings. The Bertz CT molecular complexity index is 601. The number of Topliss-reactive ketones (excluding diaryl/α,β-unsaturated/α-hetero) is 1. The Hall–Kier alpha value is -0.710. The molecule has 0 saturated carbocycles. The quantitative estimate of drug-likeness (QED) is 0.713. The highest BCUT2D eigenvalue weighted by Gasteiger charge is 2.13. The summed E-state index contributed by atoms with van der Waals surface area (Å²) in [5, 5.41) is 0.628. The Balaban J connectivity index is 2.22. The summed E-state index contributed by atoms with van der Waals surface area (Å²) in [4.78, 5) is 16.2. The molecule has 18 heavy (non-hydrogen) atoms. The fraction of sp³-hybridized carbons (Fsp3) is 0.0769. The van der Waals surface area contributed by atoms with E-state index >= 15 is 0 Å². The first-order valence-corrected chi connectivity index (χ1v) is 7.11. The summed E-state index contributed by atoms with van der Waals surface area (Å²) < 4.78 is 1.51. The van der Waals surface area contributed by atoms with Crippen molar-refractivity contribution in [2.45, 2.75) is 6.42 Å². The minimum atomic E-state index is -0.0448. The smallest absolute Gasteiger partial charge is 0.186 e. The summed E-state index contributed by atoms with van der Waals surface area (Å²) in [6.45, 7) is 0. The third-order valence-electron chi connectivity index (χ3n) is 2.33. The average Bonchev–Trinajstić information content (AvgIpc) is 2.28. The van der Waals surface area contributed by atoms with Crippen molar-refractivity contribution < 1.29 is 4.79 Å². The fourth-order valence-corrected chi connectivity index (χ4v) is 2.96. The predicted molar refractivity (Wildman–Crippen MR) is 79.1 cm³/mol. The van der Waals surface area contributed by atoms with Crippen LogP contribution in [0.25, 0.3) is 0 Å². The molecule has 2 rings (SSSR count). The molecule has 2 nitrogen and oxygen atoms in total. The minimum Gasteiger partial charge on any atom is -0.292 e. The highest BCUT2D eigenvalue weighted by Crippen LogP contribution is 2.21. The molecule has 1 aromatic carbocycles. The minimum absolute atomic E-state index is 0.0448. The number of ketones is 1. The molecule has 2 aromatic rings. The molecule has 1 aromatic heterocycles. The van der Waals surface area contributed by atoms with Crippen LogP contribution in [-0.2, 0) is 6.42 Å². The number of hydrogen-bond acceptors (Lipinski definition) is 2. The molecule has 5 heteroatoms. The third-order valence-corrected chi connectivity index (χ3v) is 3.60. The summed E-state index contributed by atoms with van der Waals surface area (Å²) in [5.74, 6) is -0.0448. The molecule has 0 aliphatic rings. The van der Waals surface area contributed by atoms with E-state index in [-0.39, 0.29) is 12.2 Å². The summed E-state index contributed by atoms with van der Waals surface area (Å²) in [7, 11) is 0. The number of nitrogens with zero attached hydrogens (tertiary/aromatic N) is 1. The maximum absolute atomic E-state index is 12.1. The van der Waals surface area contributed by atoms with Crippen LogP contribution < -0.4 is 0 Å². The van der Waals surface area contributed by atoms with Gasteiger partial charge in [-0.25, -0.2) is 0 Å². The molecule has 0 bridgehead atoms. The molecule has 1 heterocycles. The van der Waals surface area contributed by atoms with Gasteiger partial charge in [-0.3, -0.25) is 9.78 Å². The molecule has 0 saturated heterocycles. The second kappa shape index (κ2) is 5.95. The number of pyridine rings is 1. The van der Waals surface area contributed by atoms with Crippen LogP contribution in [0.4, 0.5) is 0 Å². The predicted octanol–water partition coefficient (Wildman–Crippen LogP) is 4.69. The standard InChI is InChI=1S/C13H8Br2ClNO/c14-9-6-11(15)13(17-7-9)12(18)5-8-2-1-3-10(16)4-8/h1-4,6-7H,5H2. The van der Waals surface area contributed by atoms with Gasteiger partial charge in [-0.15, -0.1) is 0 Å². The first-order valence-electron chi connectivity index (χ1n) is 5.15. The zero-order valence-electron chi connectivity index (χ0n) is 9.16. The van der Waals surface area contributed by atoms with Gasteiger partial charge in [0.05, 0.1) is 0 Å². The molecule has 0 unspecified atom stereocenters. The summed E-state index contributed by atoms with van der Waals surface area (Å²) in [5.41, 5.74) is 1.31. The topological polar surface area (TPSA) is 30.0 Å². The number of aromatic nitrogens is 1. The first kappa shape index (κ1) is 13.7. The Kier molecular flexibility index (Phi) is 4.54. The van der Waals surface area contributed by atoms with Gasteiger partial charge in [-0.05, 0) is 55.6 Å². The summed E-state index contributed by atoms with van der Waals surface area (Å²) >= 11 is 12.5. The second-order valence-corrected chi connectivity index (χ2v) is 5.92. The van der Waals surface area contributed by atoms with Crippen LogP contribution in [0.2, 0.25) is 5.02 Å². The third kappa shape index (κ3) is 3.40. The van der Waals surface area contributed by atoms with E-state index in [2.05, 4.69) is 36.8 Å². The lowest BCUT2D eigenvalue weighted by molar-refractivity contribution is 0.0987. The second-order valence-electron chi connectivity index (χ2n) is 3.71. The van der Waals surface area contributed by atoms with Gasteiger partial charge < -0.3 is 0 Å². The molecular weight excluding hydrogens is 381 g/mol. The van der Waals surface area contributed by atoms with Gasteiger partial charge in [-0.2, -0.15) is 0 Å². The Morgan fingerprint density at radius 2 is 2.06 bits per heavy atom. The van der Waals surface area contributed by atoms with Gasteiger partial charge in [0.25, 0.3) is 0 Å². The van der Waals surface area contributed by atoms with E-state index < -0.39 is 0 Å². The SMILES string of the molecule is O=C(Cc1cccc(Cl)c1)c1ncc(Br)cc1Br. The van der Waals surface area contributed by atoms with Crippen LogP contribution in [0.3, 0.4) is 0 Å². The van der Waals surface area contributed by atoms with Crippen molar-refractivity contribution >= 4 is 49.2 Å². The van der Waals surface area contributed by atoms with E-state index in [0.29, 0.717) is 15.2 Å². The number of rotatable bonds is 3. The lowest BCUT2D eigenvalue weighted by Gasteiger charge is -2.04. The lowest BCUT2D eigenvalue weighted by atomic mass is 10.1. The van der Waals surface area contributed by atoms with Crippen molar-refractivity contribution in [3.05, 3.63) is 61.8 Å². The Morgan fingerprint density at radius 1 is 1.28 bits per heavy atom. The normalized spacial score (nSPS) is 10.4. The Labute approximate surface area is 127 Å². The van der Waals surface area contributed by atoms with Gasteiger partial charge >= 0.3 is 0 Å². The maximum atomic E-state index is 12.1. The summed E-state index contributed by atoms with van der Waals surface area (Å²) in [6.07, 6.45) is 1.89. The number of halogens is 3. The van der Waals surface area contributed by atoms with Crippen LogP contribution in [0.15, 0.2) is 45.5 Å². The van der Waals surface area contributed by atoms with Gasteiger partial charge in [-0.1, -0.05) is 23.7 Å². The van der Waals surface area contributed by atoms with Crippen molar-refractivity contribution in [1.82, 2.24) is 4.98 Å². The van der Waals surface area contributed by atoms with Crippen molar-refractivity contribution in [1.29, 1.82) is 0 Å². The van der Waals surface area contributed by atoms with Gasteiger partial charge in [0.15, 0.2) is 5.78 Å². The molecule has 0 radical (unpaired) electrons. The molecule has 0 aliphatic carbocycles. The number of carbonyl (C=O) groups is 1. The van der Waals surface area contributed by atoms with E-state index in [4.69, 9.17) is 11.6 Å². The van der Waals surface area contributed by atoms with Crippen molar-refractivity contribution in [3.63, 3.8) is 0 Å². The molecule has 92 valence electrons. The van der Waals surface area contributed by atoms with Crippen LogP contribution in [0.1, 0.15) is 16.1 Å². The number of hydrogen-bond donors (Lipinski definition) is 0. The van der Waals surface area contributed by atoms with E-state index in [9.17, 15) is 4.79 Å². The highest BCUT2D eigenvalue weighted by atomic mass is 79.9. The molecule has 0 atom stereocenters. The molecule has 0 spiro atoms. The van der Waals surface area contributed by atoms with E-state index in [1.54, 1.807) is 24.4 Å². The molecule has 0 amide bonds. The monoisotopic (exact) mass is 387 g/mol. The molecule has 0 N–H and O–H groups in total. The Morgan fingerprint density at radius 3 is 2.72 bits per heavy atom. The molecule has 0 aliphatic heterocycles. The van der Waals surface area contributed by atoms with Gasteiger partial charge in [0, 0.05) is 26.6 Å². The zero-order chi connectivity index (χ0) is 13.1.